The summed E-state index contributed by atoms with van der Waals surface area (Å²) < 4.78 is 40.3. The number of halogens is 1. The Bertz CT molecular complexity index is 1400. The number of anilines is 1. The molecule has 3 aromatic rings. The van der Waals surface area contributed by atoms with Crippen LogP contribution < -0.4 is 9.62 Å². The summed E-state index contributed by atoms with van der Waals surface area (Å²) in [6.45, 7) is 6.14. The molecule has 3 rings (SSSR count). The Kier molecular flexibility index (Phi) is 12.1. The first kappa shape index (κ1) is 32.8. The van der Waals surface area contributed by atoms with Gasteiger partial charge in [-0.15, -0.1) is 0 Å². The van der Waals surface area contributed by atoms with Crippen LogP contribution in [0.15, 0.2) is 78.9 Å². The first-order chi connectivity index (χ1) is 20.0. The molecule has 0 radical (unpaired) electrons. The van der Waals surface area contributed by atoms with Gasteiger partial charge in [-0.25, -0.2) is 12.8 Å². The van der Waals surface area contributed by atoms with Crippen molar-refractivity contribution in [1.82, 2.24) is 10.2 Å². The van der Waals surface area contributed by atoms with Gasteiger partial charge in [0, 0.05) is 32.0 Å². The van der Waals surface area contributed by atoms with Crippen LogP contribution in [0, 0.1) is 5.82 Å². The smallest absolute Gasteiger partial charge is 0.243 e. The molecule has 0 heterocycles. The number of nitrogens with one attached hydrogen (secondary N) is 1. The maximum absolute atomic E-state index is 13.9. The maximum atomic E-state index is 13.9. The molecular formula is C33H42FN3O4S. The van der Waals surface area contributed by atoms with Crippen molar-refractivity contribution in [1.29, 1.82) is 0 Å². The minimum absolute atomic E-state index is 0.0299. The van der Waals surface area contributed by atoms with E-state index in [0.29, 0.717) is 17.7 Å². The SMILES string of the molecule is CCc1ccc(N(CCCC(=O)N(Cc2ccc(F)cc2)C(Cc2ccccc2)C(=O)NC(C)CC)S(C)(=O)=O)cc1. The van der Waals surface area contributed by atoms with Gasteiger partial charge in [0.2, 0.25) is 21.8 Å². The van der Waals surface area contributed by atoms with Crippen LogP contribution in [-0.4, -0.2) is 50.0 Å². The van der Waals surface area contributed by atoms with E-state index in [9.17, 15) is 22.4 Å². The number of hydrogen-bond donors (Lipinski definition) is 1. The van der Waals surface area contributed by atoms with Gasteiger partial charge in [-0.05, 0) is 67.1 Å². The van der Waals surface area contributed by atoms with Gasteiger partial charge in [0.1, 0.15) is 11.9 Å². The van der Waals surface area contributed by atoms with Gasteiger partial charge >= 0.3 is 0 Å². The molecule has 2 atom stereocenters. The fourth-order valence-electron chi connectivity index (χ4n) is 4.68. The Hall–Kier alpha value is -3.72. The predicted molar refractivity (Wildman–Crippen MR) is 166 cm³/mol. The Morgan fingerprint density at radius 1 is 0.881 bits per heavy atom. The average molecular weight is 596 g/mol. The summed E-state index contributed by atoms with van der Waals surface area (Å²) >= 11 is 0. The van der Waals surface area contributed by atoms with E-state index in [2.05, 4.69) is 5.32 Å². The highest BCUT2D eigenvalue weighted by Crippen LogP contribution is 2.21. The molecule has 0 saturated heterocycles. The lowest BCUT2D eigenvalue weighted by Gasteiger charge is -2.32. The summed E-state index contributed by atoms with van der Waals surface area (Å²) in [5.74, 6) is -0.938. The zero-order valence-electron chi connectivity index (χ0n) is 24.9. The number of carbonyl (C=O) groups excluding carboxylic acids is 2. The second-order valence-electron chi connectivity index (χ2n) is 10.6. The van der Waals surface area contributed by atoms with Crippen LogP contribution in [0.3, 0.4) is 0 Å². The summed E-state index contributed by atoms with van der Waals surface area (Å²) in [6, 6.07) is 21.8. The van der Waals surface area contributed by atoms with E-state index in [1.807, 2.05) is 63.2 Å². The van der Waals surface area contributed by atoms with Crippen molar-refractivity contribution in [2.75, 3.05) is 17.1 Å². The number of rotatable bonds is 15. The minimum atomic E-state index is -3.59. The molecule has 7 nitrogen and oxygen atoms in total. The highest BCUT2D eigenvalue weighted by molar-refractivity contribution is 7.92. The highest BCUT2D eigenvalue weighted by atomic mass is 32.2. The van der Waals surface area contributed by atoms with Gasteiger partial charge in [0.05, 0.1) is 11.9 Å². The van der Waals surface area contributed by atoms with E-state index in [1.54, 1.807) is 29.2 Å². The van der Waals surface area contributed by atoms with E-state index < -0.39 is 16.1 Å². The third-order valence-electron chi connectivity index (χ3n) is 7.32. The Balaban J connectivity index is 1.87. The third-order valence-corrected chi connectivity index (χ3v) is 8.52. The van der Waals surface area contributed by atoms with Crippen molar-refractivity contribution in [2.45, 2.75) is 71.5 Å². The average Bonchev–Trinajstić information content (AvgIpc) is 2.97. The normalized spacial score (nSPS) is 12.8. The molecule has 1 N–H and O–H groups in total. The standard InChI is InChI=1S/C33H42FN3O4S/c1-5-25(3)35-33(39)31(23-27-11-8-7-9-12-27)36(24-28-14-18-29(34)19-15-28)32(38)13-10-22-37(42(4,40)41)30-20-16-26(6-2)17-21-30/h7-9,11-12,14-21,25,31H,5-6,10,13,22-24H2,1-4H3,(H,35,39). The summed E-state index contributed by atoms with van der Waals surface area (Å²) in [7, 11) is -3.59. The molecule has 0 fully saturated rings. The summed E-state index contributed by atoms with van der Waals surface area (Å²) in [6.07, 6.45) is 3.31. The summed E-state index contributed by atoms with van der Waals surface area (Å²) in [4.78, 5) is 29.0. The van der Waals surface area contributed by atoms with Crippen molar-refractivity contribution in [2.24, 2.45) is 0 Å². The van der Waals surface area contributed by atoms with Gasteiger partial charge < -0.3 is 10.2 Å². The molecule has 0 saturated carbocycles. The Morgan fingerprint density at radius 3 is 2.07 bits per heavy atom. The number of nitrogens with zero attached hydrogens (tertiary/aromatic N) is 2. The van der Waals surface area contributed by atoms with Crippen LogP contribution in [0.25, 0.3) is 0 Å². The topological polar surface area (TPSA) is 86.8 Å². The van der Waals surface area contributed by atoms with Gasteiger partial charge in [-0.1, -0.05) is 68.4 Å². The van der Waals surface area contributed by atoms with E-state index in [-0.39, 0.29) is 49.6 Å². The molecule has 0 bridgehead atoms. The molecular weight excluding hydrogens is 553 g/mol. The lowest BCUT2D eigenvalue weighted by atomic mass is 10.0. The highest BCUT2D eigenvalue weighted by Gasteiger charge is 2.31. The molecule has 0 aliphatic carbocycles. The molecule has 0 aromatic heterocycles. The molecule has 0 spiro atoms. The molecule has 9 heteroatoms. The predicted octanol–water partition coefficient (Wildman–Crippen LogP) is 5.49. The second kappa shape index (κ2) is 15.5. The van der Waals surface area contributed by atoms with Crippen LogP contribution in [0.5, 0.6) is 0 Å². The van der Waals surface area contributed by atoms with Crippen LogP contribution >= 0.6 is 0 Å². The number of amides is 2. The minimum Gasteiger partial charge on any atom is -0.352 e. The van der Waals surface area contributed by atoms with Crippen LogP contribution in [0.1, 0.15) is 56.7 Å². The largest absolute Gasteiger partial charge is 0.352 e. The quantitative estimate of drug-likeness (QED) is 0.252. The lowest BCUT2D eigenvalue weighted by Crippen LogP contribution is -2.52. The Morgan fingerprint density at radius 2 is 1.50 bits per heavy atom. The molecule has 2 unspecified atom stereocenters. The van der Waals surface area contributed by atoms with E-state index in [0.717, 1.165) is 30.2 Å². The third kappa shape index (κ3) is 9.69. The molecule has 42 heavy (non-hydrogen) atoms. The number of hydrogen-bond acceptors (Lipinski definition) is 4. The number of aryl methyl sites for hydroxylation is 1. The fraction of sp³-hybridized carbons (Fsp3) is 0.394. The molecule has 0 aliphatic rings. The van der Waals surface area contributed by atoms with Gasteiger partial charge in [0.25, 0.3) is 0 Å². The van der Waals surface area contributed by atoms with Gasteiger partial charge in [-0.3, -0.25) is 13.9 Å². The fourth-order valence-corrected chi connectivity index (χ4v) is 5.65. The van der Waals surface area contributed by atoms with Crippen LogP contribution in [-0.2, 0) is 39.0 Å². The van der Waals surface area contributed by atoms with Crippen molar-refractivity contribution in [3.05, 3.63) is 101 Å². The lowest BCUT2D eigenvalue weighted by molar-refractivity contribution is -0.141. The van der Waals surface area contributed by atoms with Crippen molar-refractivity contribution in [3.8, 4) is 0 Å². The van der Waals surface area contributed by atoms with Gasteiger partial charge in [-0.2, -0.15) is 0 Å². The number of benzene rings is 3. The molecule has 226 valence electrons. The van der Waals surface area contributed by atoms with Crippen LogP contribution in [0.4, 0.5) is 10.1 Å². The van der Waals surface area contributed by atoms with Crippen molar-refractivity contribution < 1.29 is 22.4 Å². The molecule has 2 amide bonds. The molecule has 0 aliphatic heterocycles. The molecule has 3 aromatic carbocycles. The van der Waals surface area contributed by atoms with E-state index >= 15 is 0 Å². The maximum Gasteiger partial charge on any atom is 0.243 e. The Labute approximate surface area is 249 Å². The number of sulfonamides is 1. The first-order valence-corrected chi connectivity index (χ1v) is 16.3. The van der Waals surface area contributed by atoms with Crippen molar-refractivity contribution in [3.63, 3.8) is 0 Å². The van der Waals surface area contributed by atoms with E-state index in [4.69, 9.17) is 0 Å². The van der Waals surface area contributed by atoms with E-state index in [1.165, 1.54) is 16.4 Å². The second-order valence-corrected chi connectivity index (χ2v) is 12.5. The zero-order chi connectivity index (χ0) is 30.7. The summed E-state index contributed by atoms with van der Waals surface area (Å²) in [5.41, 5.74) is 3.23. The summed E-state index contributed by atoms with van der Waals surface area (Å²) in [5, 5.41) is 3.02. The van der Waals surface area contributed by atoms with Crippen LogP contribution in [0.2, 0.25) is 0 Å². The van der Waals surface area contributed by atoms with Gasteiger partial charge in [0.15, 0.2) is 0 Å². The first-order valence-electron chi connectivity index (χ1n) is 14.5. The van der Waals surface area contributed by atoms with Crippen molar-refractivity contribution >= 4 is 27.5 Å². The zero-order valence-corrected chi connectivity index (χ0v) is 25.7. The monoisotopic (exact) mass is 595 g/mol. The number of carbonyl (C=O) groups is 2.